The topological polar surface area (TPSA) is 87.9 Å². The quantitative estimate of drug-likeness (QED) is 0.768. The number of carbonyl (C=O) groups is 2. The molecule has 0 saturated heterocycles. The molecule has 1 heterocycles. The Morgan fingerprint density at radius 3 is 2.21 bits per heavy atom. The Bertz CT molecular complexity index is 438. The van der Waals surface area contributed by atoms with E-state index in [1.165, 1.54) is 14.2 Å². The van der Waals surface area contributed by atoms with Crippen LogP contribution in [0.25, 0.3) is 0 Å². The molecule has 1 rings (SSSR count). The molecule has 0 unspecified atom stereocenters. The van der Waals surface area contributed by atoms with Gasteiger partial charge in [-0.2, -0.15) is 0 Å². The summed E-state index contributed by atoms with van der Waals surface area (Å²) < 4.78 is 19.7. The first kappa shape index (κ1) is 15.2. The molecule has 0 bridgehead atoms. The first-order valence-electron chi connectivity index (χ1n) is 5.58. The second-order valence-corrected chi connectivity index (χ2v) is 4.67. The maximum absolute atomic E-state index is 11.5. The van der Waals surface area contributed by atoms with Crippen molar-refractivity contribution in [3.8, 4) is 0 Å². The van der Waals surface area contributed by atoms with Crippen molar-refractivity contribution in [2.45, 2.75) is 33.0 Å². The largest absolute Gasteiger partial charge is 0.464 e. The van der Waals surface area contributed by atoms with Gasteiger partial charge in [0.1, 0.15) is 6.61 Å². The van der Waals surface area contributed by atoms with Crippen LogP contribution in [0, 0.1) is 0 Å². The average Bonchev–Trinajstić information content (AvgIpc) is 2.77. The number of hydrogen-bond donors (Lipinski definition) is 0. The molecule has 0 N–H and O–H groups in total. The van der Waals surface area contributed by atoms with Gasteiger partial charge in [0.15, 0.2) is 0 Å². The normalized spacial score (nSPS) is 11.2. The summed E-state index contributed by atoms with van der Waals surface area (Å²) in [4.78, 5) is 26.8. The fourth-order valence-corrected chi connectivity index (χ4v) is 1.17. The van der Waals surface area contributed by atoms with Crippen LogP contribution in [0.15, 0.2) is 4.42 Å². The van der Waals surface area contributed by atoms with Gasteiger partial charge in [-0.1, -0.05) is 0 Å². The summed E-state index contributed by atoms with van der Waals surface area (Å²) in [7, 11) is 2.36. The fraction of sp³-hybridized carbons (Fsp3) is 0.583. The van der Waals surface area contributed by atoms with E-state index >= 15 is 0 Å². The lowest BCUT2D eigenvalue weighted by molar-refractivity contribution is -0.0247. The number of hydrogen-bond acceptors (Lipinski definition) is 7. The lowest BCUT2D eigenvalue weighted by Crippen LogP contribution is -2.18. The van der Waals surface area contributed by atoms with E-state index in [4.69, 9.17) is 9.15 Å². The Morgan fingerprint density at radius 1 is 1.16 bits per heavy atom. The van der Waals surface area contributed by atoms with E-state index in [9.17, 15) is 9.59 Å². The molecule has 0 spiro atoms. The van der Waals surface area contributed by atoms with Crippen molar-refractivity contribution in [1.29, 1.82) is 0 Å². The number of nitrogens with zero attached hydrogens (tertiary/aromatic N) is 1. The maximum atomic E-state index is 11.5. The molecule has 19 heavy (non-hydrogen) atoms. The fourth-order valence-electron chi connectivity index (χ4n) is 1.17. The van der Waals surface area contributed by atoms with Gasteiger partial charge in [-0.3, -0.25) is 0 Å². The Hall–Kier alpha value is -1.89. The zero-order chi connectivity index (χ0) is 14.6. The van der Waals surface area contributed by atoms with Crippen molar-refractivity contribution < 1.29 is 28.2 Å². The lowest BCUT2D eigenvalue weighted by Gasteiger charge is -2.17. The summed E-state index contributed by atoms with van der Waals surface area (Å²) in [6.45, 7) is 5.61. The molecule has 7 heteroatoms. The molecule has 0 radical (unpaired) electrons. The van der Waals surface area contributed by atoms with Crippen LogP contribution >= 0.6 is 0 Å². The standard InChI is InChI=1S/C12H17NO6/c1-12(2,3)18-6-7-13-8(10(14)16-4)9(19-7)11(15)17-5/h6H2,1-5H3. The van der Waals surface area contributed by atoms with Gasteiger partial charge in [0, 0.05) is 0 Å². The number of esters is 2. The van der Waals surface area contributed by atoms with Gasteiger partial charge in [0.2, 0.25) is 17.3 Å². The Balaban J connectivity index is 3.00. The minimum Gasteiger partial charge on any atom is -0.464 e. The van der Waals surface area contributed by atoms with Crippen LogP contribution < -0.4 is 0 Å². The van der Waals surface area contributed by atoms with Crippen LogP contribution in [0.2, 0.25) is 0 Å². The number of ether oxygens (including phenoxy) is 3. The molecular weight excluding hydrogens is 254 g/mol. The predicted octanol–water partition coefficient (Wildman–Crippen LogP) is 1.56. The van der Waals surface area contributed by atoms with Gasteiger partial charge in [-0.05, 0) is 20.8 Å². The molecule has 1 aromatic heterocycles. The molecule has 1 aromatic rings. The van der Waals surface area contributed by atoms with Crippen molar-refractivity contribution in [1.82, 2.24) is 4.98 Å². The number of carbonyl (C=O) groups excluding carboxylic acids is 2. The van der Waals surface area contributed by atoms with E-state index in [0.717, 1.165) is 0 Å². The first-order valence-corrected chi connectivity index (χ1v) is 5.58. The molecule has 0 aliphatic heterocycles. The van der Waals surface area contributed by atoms with E-state index in [1.807, 2.05) is 20.8 Å². The zero-order valence-corrected chi connectivity index (χ0v) is 11.6. The highest BCUT2D eigenvalue weighted by molar-refractivity contribution is 5.99. The molecule has 0 aromatic carbocycles. The Labute approximate surface area is 110 Å². The van der Waals surface area contributed by atoms with Crippen LogP contribution in [-0.2, 0) is 20.8 Å². The molecule has 0 amide bonds. The van der Waals surface area contributed by atoms with E-state index in [2.05, 4.69) is 14.5 Å². The highest BCUT2D eigenvalue weighted by Gasteiger charge is 2.27. The number of oxazole rings is 1. The Kier molecular flexibility index (Phi) is 4.66. The van der Waals surface area contributed by atoms with Crippen LogP contribution in [0.4, 0.5) is 0 Å². The van der Waals surface area contributed by atoms with Crippen molar-refractivity contribution >= 4 is 11.9 Å². The minimum absolute atomic E-state index is 0.0322. The molecule has 0 atom stereocenters. The van der Waals surface area contributed by atoms with Gasteiger partial charge in [0.25, 0.3) is 0 Å². The second-order valence-electron chi connectivity index (χ2n) is 4.67. The van der Waals surface area contributed by atoms with Crippen LogP contribution in [0.5, 0.6) is 0 Å². The third-order valence-electron chi connectivity index (χ3n) is 2.05. The maximum Gasteiger partial charge on any atom is 0.376 e. The molecule has 0 fully saturated rings. The molecule has 106 valence electrons. The monoisotopic (exact) mass is 271 g/mol. The lowest BCUT2D eigenvalue weighted by atomic mass is 10.2. The number of rotatable bonds is 4. The molecule has 0 saturated carbocycles. The molecule has 0 aliphatic rings. The van der Waals surface area contributed by atoms with E-state index in [1.54, 1.807) is 0 Å². The average molecular weight is 271 g/mol. The van der Waals surface area contributed by atoms with Gasteiger partial charge >= 0.3 is 11.9 Å². The summed E-state index contributed by atoms with van der Waals surface area (Å²) >= 11 is 0. The first-order chi connectivity index (χ1) is 8.78. The summed E-state index contributed by atoms with van der Waals surface area (Å²) in [6, 6.07) is 0. The summed E-state index contributed by atoms with van der Waals surface area (Å²) in [6.07, 6.45) is 0. The summed E-state index contributed by atoms with van der Waals surface area (Å²) in [5.41, 5.74) is -0.618. The highest BCUT2D eigenvalue weighted by Crippen LogP contribution is 2.17. The molecule has 0 aliphatic carbocycles. The third kappa shape index (κ3) is 4.06. The number of aromatic nitrogens is 1. The number of methoxy groups -OCH3 is 2. The van der Waals surface area contributed by atoms with E-state index in [0.29, 0.717) is 0 Å². The molecule has 7 nitrogen and oxygen atoms in total. The highest BCUT2D eigenvalue weighted by atomic mass is 16.5. The zero-order valence-electron chi connectivity index (χ0n) is 11.6. The van der Waals surface area contributed by atoms with E-state index < -0.39 is 17.5 Å². The van der Waals surface area contributed by atoms with Gasteiger partial charge in [-0.15, -0.1) is 0 Å². The van der Waals surface area contributed by atoms with Crippen molar-refractivity contribution in [3.05, 3.63) is 17.3 Å². The van der Waals surface area contributed by atoms with Gasteiger partial charge in [-0.25, -0.2) is 14.6 Å². The van der Waals surface area contributed by atoms with Crippen LogP contribution in [0.1, 0.15) is 47.7 Å². The third-order valence-corrected chi connectivity index (χ3v) is 2.05. The van der Waals surface area contributed by atoms with Crippen LogP contribution in [-0.4, -0.2) is 36.7 Å². The van der Waals surface area contributed by atoms with Crippen molar-refractivity contribution in [2.24, 2.45) is 0 Å². The Morgan fingerprint density at radius 2 is 1.74 bits per heavy atom. The second kappa shape index (κ2) is 5.83. The smallest absolute Gasteiger partial charge is 0.376 e. The van der Waals surface area contributed by atoms with Gasteiger partial charge in [0.05, 0.1) is 19.8 Å². The van der Waals surface area contributed by atoms with Crippen LogP contribution in [0.3, 0.4) is 0 Å². The SMILES string of the molecule is COC(=O)c1nc(COC(C)(C)C)oc1C(=O)OC. The van der Waals surface area contributed by atoms with Gasteiger partial charge < -0.3 is 18.6 Å². The summed E-state index contributed by atoms with van der Waals surface area (Å²) in [5.74, 6) is -1.75. The molecular formula is C12H17NO6. The minimum atomic E-state index is -0.796. The van der Waals surface area contributed by atoms with Crippen molar-refractivity contribution in [2.75, 3.05) is 14.2 Å². The summed E-state index contributed by atoms with van der Waals surface area (Å²) in [5, 5.41) is 0. The van der Waals surface area contributed by atoms with E-state index in [-0.39, 0.29) is 24.0 Å². The van der Waals surface area contributed by atoms with Crippen molar-refractivity contribution in [3.63, 3.8) is 0 Å². The predicted molar refractivity (Wildman–Crippen MR) is 63.7 cm³/mol.